The molecule has 1 aliphatic heterocycles. The summed E-state index contributed by atoms with van der Waals surface area (Å²) in [5.41, 5.74) is 0.0238. The van der Waals surface area contributed by atoms with Gasteiger partial charge in [0.15, 0.2) is 5.65 Å². The third-order valence-electron chi connectivity index (χ3n) is 3.51. The Balaban J connectivity index is 1.76. The molecule has 0 spiro atoms. The summed E-state index contributed by atoms with van der Waals surface area (Å²) in [6.07, 6.45) is -4.63. The van der Waals surface area contributed by atoms with Crippen LogP contribution < -0.4 is 10.2 Å². The Morgan fingerprint density at radius 2 is 2.00 bits per heavy atom. The van der Waals surface area contributed by atoms with Gasteiger partial charge >= 0.3 is 6.18 Å². The summed E-state index contributed by atoms with van der Waals surface area (Å²) in [5.74, 6) is -1.05. The minimum atomic E-state index is -4.63. The van der Waals surface area contributed by atoms with E-state index in [0.29, 0.717) is 23.4 Å². The van der Waals surface area contributed by atoms with E-state index in [4.69, 9.17) is 0 Å². The number of fused-ring (bicyclic) bond motifs is 1. The lowest BCUT2D eigenvalue weighted by atomic mass is 9.99. The summed E-state index contributed by atoms with van der Waals surface area (Å²) in [5, 5.41) is 13.3. The quantitative estimate of drug-likeness (QED) is 0.913. The predicted molar refractivity (Wildman–Crippen MR) is 74.8 cm³/mol. The monoisotopic (exact) mass is 328 g/mol. The molecule has 0 radical (unpaired) electrons. The summed E-state index contributed by atoms with van der Waals surface area (Å²) in [7, 11) is 0. The number of amides is 1. The highest BCUT2D eigenvalue weighted by atomic mass is 19.4. The summed E-state index contributed by atoms with van der Waals surface area (Å²) < 4.78 is 39.2. The van der Waals surface area contributed by atoms with E-state index in [1.165, 1.54) is 6.07 Å². The van der Waals surface area contributed by atoms with Gasteiger partial charge in [-0.3, -0.25) is 4.79 Å². The molecule has 1 saturated heterocycles. The maximum atomic E-state index is 12.8. The second-order valence-corrected chi connectivity index (χ2v) is 5.75. The van der Waals surface area contributed by atoms with Crippen molar-refractivity contribution in [3.8, 4) is 0 Å². The molecule has 1 N–H and O–H groups in total. The molecular weight excluding hydrogens is 313 g/mol. The molecule has 3 heterocycles. The summed E-state index contributed by atoms with van der Waals surface area (Å²) in [6.45, 7) is 4.57. The van der Waals surface area contributed by atoms with Crippen LogP contribution in [0.25, 0.3) is 5.65 Å². The molecule has 1 amide bonds. The molecule has 0 atom stereocenters. The van der Waals surface area contributed by atoms with Gasteiger partial charge in [-0.1, -0.05) is 0 Å². The van der Waals surface area contributed by atoms with Gasteiger partial charge in [0.05, 0.1) is 5.92 Å². The largest absolute Gasteiger partial charge is 0.453 e. The van der Waals surface area contributed by atoms with Crippen molar-refractivity contribution < 1.29 is 18.0 Å². The molecule has 1 aliphatic rings. The van der Waals surface area contributed by atoms with Crippen molar-refractivity contribution in [2.45, 2.75) is 26.1 Å². The van der Waals surface area contributed by atoms with E-state index in [2.05, 4.69) is 20.6 Å². The van der Waals surface area contributed by atoms with E-state index in [9.17, 15) is 18.0 Å². The normalized spacial score (nSPS) is 16.0. The maximum Gasteiger partial charge on any atom is 0.453 e. The number of carbonyl (C=O) groups excluding carboxylic acids is 1. The molecule has 0 aliphatic carbocycles. The van der Waals surface area contributed by atoms with Crippen molar-refractivity contribution in [3.63, 3.8) is 0 Å². The Labute approximate surface area is 129 Å². The van der Waals surface area contributed by atoms with Gasteiger partial charge in [0.2, 0.25) is 5.91 Å². The average molecular weight is 328 g/mol. The van der Waals surface area contributed by atoms with Crippen molar-refractivity contribution in [2.24, 2.45) is 5.92 Å². The molecule has 0 bridgehead atoms. The van der Waals surface area contributed by atoms with Gasteiger partial charge in [-0.2, -0.15) is 17.7 Å². The lowest BCUT2D eigenvalue weighted by Gasteiger charge is -2.39. The molecule has 2 aromatic heterocycles. The number of anilines is 1. The number of nitrogens with zero attached hydrogens (tertiary/aromatic N) is 5. The lowest BCUT2D eigenvalue weighted by Crippen LogP contribution is -2.55. The third-order valence-corrected chi connectivity index (χ3v) is 3.51. The molecule has 1 fully saturated rings. The number of carbonyl (C=O) groups is 1. The molecule has 124 valence electrons. The Morgan fingerprint density at radius 1 is 1.30 bits per heavy atom. The number of nitrogens with one attached hydrogen (secondary N) is 1. The molecule has 10 heteroatoms. The van der Waals surface area contributed by atoms with E-state index in [0.717, 1.165) is 0 Å². The Morgan fingerprint density at radius 3 is 2.61 bits per heavy atom. The molecule has 3 rings (SSSR count). The first-order chi connectivity index (χ1) is 10.8. The first-order valence-electron chi connectivity index (χ1n) is 7.10. The highest BCUT2D eigenvalue weighted by molar-refractivity contribution is 5.82. The van der Waals surface area contributed by atoms with Gasteiger partial charge < -0.3 is 10.2 Å². The zero-order valence-electron chi connectivity index (χ0n) is 12.5. The summed E-state index contributed by atoms with van der Waals surface area (Å²) in [4.78, 5) is 13.6. The fraction of sp³-hybridized carbons (Fsp3) is 0.538. The van der Waals surface area contributed by atoms with Gasteiger partial charge in [0.25, 0.3) is 5.82 Å². The van der Waals surface area contributed by atoms with Crippen molar-refractivity contribution >= 4 is 17.4 Å². The molecule has 2 aromatic rings. The summed E-state index contributed by atoms with van der Waals surface area (Å²) >= 11 is 0. The van der Waals surface area contributed by atoms with Gasteiger partial charge in [0.1, 0.15) is 5.82 Å². The number of hydrogen-bond acceptors (Lipinski definition) is 5. The first-order valence-corrected chi connectivity index (χ1v) is 7.10. The van der Waals surface area contributed by atoms with Crippen LogP contribution in [0.3, 0.4) is 0 Å². The van der Waals surface area contributed by atoms with Gasteiger partial charge in [-0.05, 0) is 26.0 Å². The molecular formula is C13H15F3N6O. The smallest absolute Gasteiger partial charge is 0.354 e. The lowest BCUT2D eigenvalue weighted by molar-refractivity contribution is -0.146. The van der Waals surface area contributed by atoms with E-state index in [1.54, 1.807) is 11.0 Å². The number of aromatic nitrogens is 4. The van der Waals surface area contributed by atoms with Crippen LogP contribution in [0.4, 0.5) is 19.0 Å². The Hall–Kier alpha value is -2.39. The third kappa shape index (κ3) is 2.92. The number of rotatable bonds is 3. The van der Waals surface area contributed by atoms with Crippen LogP contribution in [0.2, 0.25) is 0 Å². The van der Waals surface area contributed by atoms with Crippen molar-refractivity contribution in [1.82, 2.24) is 25.1 Å². The average Bonchev–Trinajstić information content (AvgIpc) is 2.78. The highest BCUT2D eigenvalue weighted by Gasteiger charge is 2.38. The highest BCUT2D eigenvalue weighted by Crippen LogP contribution is 2.29. The van der Waals surface area contributed by atoms with Crippen molar-refractivity contribution in [2.75, 3.05) is 18.0 Å². The SMILES string of the molecule is CC(C)NC(=O)C1CN(c2ccc3nnc(C(F)(F)F)n3n2)C1. The molecule has 0 unspecified atom stereocenters. The molecule has 0 aromatic carbocycles. The van der Waals surface area contributed by atoms with Crippen LogP contribution >= 0.6 is 0 Å². The standard InChI is InChI=1S/C13H15F3N6O/c1-7(2)17-11(23)8-5-21(6-8)10-4-3-9-18-19-12(13(14,15)16)22(9)20-10/h3-4,7-8H,5-6H2,1-2H3,(H,17,23). The van der Waals surface area contributed by atoms with E-state index in [1.807, 2.05) is 13.8 Å². The topological polar surface area (TPSA) is 75.4 Å². The van der Waals surface area contributed by atoms with Gasteiger partial charge in [-0.25, -0.2) is 0 Å². The number of halogens is 3. The molecule has 7 nitrogen and oxygen atoms in total. The fourth-order valence-electron chi connectivity index (χ4n) is 2.36. The first kappa shape index (κ1) is 15.5. The second-order valence-electron chi connectivity index (χ2n) is 5.75. The Bertz CT molecular complexity index is 735. The van der Waals surface area contributed by atoms with Crippen LogP contribution in [-0.2, 0) is 11.0 Å². The second kappa shape index (κ2) is 5.36. The molecule has 0 saturated carbocycles. The van der Waals surface area contributed by atoms with E-state index < -0.39 is 12.0 Å². The maximum absolute atomic E-state index is 12.8. The van der Waals surface area contributed by atoms with Crippen LogP contribution in [-0.4, -0.2) is 44.8 Å². The van der Waals surface area contributed by atoms with Crippen molar-refractivity contribution in [1.29, 1.82) is 0 Å². The number of alkyl halides is 3. The summed E-state index contributed by atoms with van der Waals surface area (Å²) in [6, 6.07) is 3.05. The zero-order valence-corrected chi connectivity index (χ0v) is 12.5. The minimum Gasteiger partial charge on any atom is -0.354 e. The van der Waals surface area contributed by atoms with E-state index in [-0.39, 0.29) is 23.5 Å². The number of hydrogen-bond donors (Lipinski definition) is 1. The van der Waals surface area contributed by atoms with E-state index >= 15 is 0 Å². The van der Waals surface area contributed by atoms with Crippen LogP contribution in [0, 0.1) is 5.92 Å². The zero-order chi connectivity index (χ0) is 16.8. The van der Waals surface area contributed by atoms with Crippen LogP contribution in [0.15, 0.2) is 12.1 Å². The minimum absolute atomic E-state index is 0.0238. The fourth-order valence-corrected chi connectivity index (χ4v) is 2.36. The van der Waals surface area contributed by atoms with Crippen LogP contribution in [0.1, 0.15) is 19.7 Å². The van der Waals surface area contributed by atoms with Crippen LogP contribution in [0.5, 0.6) is 0 Å². The van der Waals surface area contributed by atoms with Gasteiger partial charge in [-0.15, -0.1) is 15.3 Å². The van der Waals surface area contributed by atoms with Gasteiger partial charge in [0, 0.05) is 19.1 Å². The Kier molecular flexibility index (Phi) is 3.61. The molecule has 23 heavy (non-hydrogen) atoms. The predicted octanol–water partition coefficient (Wildman–Crippen LogP) is 1.10. The van der Waals surface area contributed by atoms with Crippen molar-refractivity contribution in [3.05, 3.63) is 18.0 Å².